The third-order valence-corrected chi connectivity index (χ3v) is 2.33. The lowest BCUT2D eigenvalue weighted by Crippen LogP contribution is -1.99. The van der Waals surface area contributed by atoms with E-state index in [0.29, 0.717) is 4.90 Å². The molecule has 0 aromatic heterocycles. The third-order valence-electron chi connectivity index (χ3n) is 1.40. The van der Waals surface area contributed by atoms with Gasteiger partial charge in [0.15, 0.2) is 0 Å². The zero-order chi connectivity index (χ0) is 9.14. The Balaban J connectivity index is 2.89. The molecule has 0 fully saturated rings. The van der Waals surface area contributed by atoms with Crippen LogP contribution in [0.3, 0.4) is 0 Å². The molecular formula is C8H8O2S2. The molecule has 0 atom stereocenters. The van der Waals surface area contributed by atoms with Gasteiger partial charge in [-0.2, -0.15) is 0 Å². The van der Waals surface area contributed by atoms with Crippen LogP contribution in [0.2, 0.25) is 0 Å². The van der Waals surface area contributed by atoms with Crippen molar-refractivity contribution in [3.05, 3.63) is 23.8 Å². The standard InChI is InChI=1S/C8H8O2S2/c9-8(10)4-5-1-2-6(11)7(12)3-5/h1-3,11-12H,4H2,(H,9,10). The number of aliphatic carboxylic acids is 1. The summed E-state index contributed by atoms with van der Waals surface area (Å²) in [5.74, 6) is -0.838. The summed E-state index contributed by atoms with van der Waals surface area (Å²) in [5.41, 5.74) is 0.741. The van der Waals surface area contributed by atoms with Crippen molar-refractivity contribution in [1.29, 1.82) is 0 Å². The van der Waals surface area contributed by atoms with Gasteiger partial charge in [0.05, 0.1) is 6.42 Å². The Kier molecular flexibility index (Phi) is 3.05. The molecule has 1 aromatic rings. The Bertz CT molecular complexity index is 310. The Morgan fingerprint density at radius 1 is 1.33 bits per heavy atom. The highest BCUT2D eigenvalue weighted by Gasteiger charge is 2.01. The molecule has 1 rings (SSSR count). The second kappa shape index (κ2) is 3.87. The number of hydrogen-bond acceptors (Lipinski definition) is 3. The van der Waals surface area contributed by atoms with Crippen molar-refractivity contribution in [3.63, 3.8) is 0 Å². The number of carbonyl (C=O) groups is 1. The molecule has 4 heteroatoms. The monoisotopic (exact) mass is 200 g/mol. The fourth-order valence-corrected chi connectivity index (χ4v) is 1.23. The van der Waals surface area contributed by atoms with Crippen molar-refractivity contribution in [2.24, 2.45) is 0 Å². The SMILES string of the molecule is O=C(O)Cc1ccc(S)c(S)c1. The molecule has 64 valence electrons. The van der Waals surface area contributed by atoms with Gasteiger partial charge in [-0.15, -0.1) is 25.3 Å². The fourth-order valence-electron chi connectivity index (χ4n) is 0.854. The Morgan fingerprint density at radius 3 is 2.50 bits per heavy atom. The van der Waals surface area contributed by atoms with E-state index in [1.807, 2.05) is 0 Å². The molecule has 1 N–H and O–H groups in total. The molecule has 0 saturated heterocycles. The van der Waals surface area contributed by atoms with Crippen molar-refractivity contribution in [1.82, 2.24) is 0 Å². The minimum atomic E-state index is -0.838. The van der Waals surface area contributed by atoms with E-state index in [-0.39, 0.29) is 6.42 Å². The van der Waals surface area contributed by atoms with Gasteiger partial charge in [0.2, 0.25) is 0 Å². The average Bonchev–Trinajstić information content (AvgIpc) is 1.96. The van der Waals surface area contributed by atoms with Crippen molar-refractivity contribution in [2.75, 3.05) is 0 Å². The normalized spacial score (nSPS) is 9.83. The largest absolute Gasteiger partial charge is 0.481 e. The molecule has 0 aliphatic rings. The van der Waals surface area contributed by atoms with Crippen molar-refractivity contribution >= 4 is 31.2 Å². The number of carboxylic acids is 1. The van der Waals surface area contributed by atoms with E-state index in [2.05, 4.69) is 25.3 Å². The van der Waals surface area contributed by atoms with E-state index in [1.54, 1.807) is 18.2 Å². The predicted octanol–water partition coefficient (Wildman–Crippen LogP) is 1.89. The Morgan fingerprint density at radius 2 is 2.00 bits per heavy atom. The molecule has 0 bridgehead atoms. The highest BCUT2D eigenvalue weighted by atomic mass is 32.1. The van der Waals surface area contributed by atoms with Crippen LogP contribution < -0.4 is 0 Å². The number of carboxylic acid groups (broad SMARTS) is 1. The first-order valence-corrected chi connectivity index (χ1v) is 4.21. The lowest BCUT2D eigenvalue weighted by Gasteiger charge is -2.00. The summed E-state index contributed by atoms with van der Waals surface area (Å²) in [4.78, 5) is 11.8. The number of benzene rings is 1. The Labute approximate surface area is 81.4 Å². The van der Waals surface area contributed by atoms with Crippen LogP contribution >= 0.6 is 25.3 Å². The molecule has 0 aliphatic carbocycles. The smallest absolute Gasteiger partial charge is 0.307 e. The van der Waals surface area contributed by atoms with Gasteiger partial charge in [-0.1, -0.05) is 6.07 Å². The van der Waals surface area contributed by atoms with Crippen molar-refractivity contribution < 1.29 is 9.90 Å². The maximum absolute atomic E-state index is 10.3. The number of thiol groups is 2. The molecule has 0 saturated carbocycles. The minimum absolute atomic E-state index is 0.0294. The van der Waals surface area contributed by atoms with Crippen LogP contribution in [0, 0.1) is 0 Å². The molecule has 1 aromatic carbocycles. The molecule has 2 nitrogen and oxygen atoms in total. The van der Waals surface area contributed by atoms with Gasteiger partial charge in [0, 0.05) is 9.79 Å². The highest BCUT2D eigenvalue weighted by Crippen LogP contribution is 2.19. The van der Waals surface area contributed by atoms with Crippen LogP contribution in [-0.2, 0) is 11.2 Å². The van der Waals surface area contributed by atoms with E-state index in [0.717, 1.165) is 10.5 Å². The summed E-state index contributed by atoms with van der Waals surface area (Å²) in [5, 5.41) is 8.48. The summed E-state index contributed by atoms with van der Waals surface area (Å²) in [6, 6.07) is 5.18. The highest BCUT2D eigenvalue weighted by molar-refractivity contribution is 7.83. The summed E-state index contributed by atoms with van der Waals surface area (Å²) in [6.07, 6.45) is 0.0294. The molecule has 12 heavy (non-hydrogen) atoms. The summed E-state index contributed by atoms with van der Waals surface area (Å²) < 4.78 is 0. The first kappa shape index (κ1) is 9.48. The van der Waals surface area contributed by atoms with Crippen LogP contribution in [0.1, 0.15) is 5.56 Å². The topological polar surface area (TPSA) is 37.3 Å². The molecule has 0 amide bonds. The van der Waals surface area contributed by atoms with Crippen LogP contribution in [-0.4, -0.2) is 11.1 Å². The van der Waals surface area contributed by atoms with Gasteiger partial charge in [-0.25, -0.2) is 0 Å². The maximum atomic E-state index is 10.3. The van der Waals surface area contributed by atoms with Crippen LogP contribution in [0.15, 0.2) is 28.0 Å². The lowest BCUT2D eigenvalue weighted by molar-refractivity contribution is -0.136. The van der Waals surface area contributed by atoms with E-state index < -0.39 is 5.97 Å². The molecule has 0 unspecified atom stereocenters. The average molecular weight is 200 g/mol. The zero-order valence-electron chi connectivity index (χ0n) is 6.19. The molecule has 0 aliphatic heterocycles. The van der Waals surface area contributed by atoms with Gasteiger partial charge in [0.25, 0.3) is 0 Å². The second-order valence-electron chi connectivity index (χ2n) is 2.39. The van der Waals surface area contributed by atoms with Gasteiger partial charge >= 0.3 is 5.97 Å². The van der Waals surface area contributed by atoms with Crippen LogP contribution in [0.5, 0.6) is 0 Å². The maximum Gasteiger partial charge on any atom is 0.307 e. The Hall–Kier alpha value is -0.610. The molecular weight excluding hydrogens is 192 g/mol. The van der Waals surface area contributed by atoms with Crippen molar-refractivity contribution in [3.8, 4) is 0 Å². The predicted molar refractivity (Wildman–Crippen MR) is 52.3 cm³/mol. The molecule has 0 spiro atoms. The first-order chi connectivity index (χ1) is 5.59. The van der Waals surface area contributed by atoms with Gasteiger partial charge in [0.1, 0.15) is 0 Å². The zero-order valence-corrected chi connectivity index (χ0v) is 7.98. The van der Waals surface area contributed by atoms with E-state index in [1.165, 1.54) is 0 Å². The minimum Gasteiger partial charge on any atom is -0.481 e. The second-order valence-corrected chi connectivity index (χ2v) is 3.36. The number of hydrogen-bond donors (Lipinski definition) is 3. The molecule has 0 radical (unpaired) electrons. The lowest BCUT2D eigenvalue weighted by atomic mass is 10.1. The third kappa shape index (κ3) is 2.46. The number of rotatable bonds is 2. The quantitative estimate of drug-likeness (QED) is 0.638. The fraction of sp³-hybridized carbons (Fsp3) is 0.125. The van der Waals surface area contributed by atoms with E-state index in [4.69, 9.17) is 5.11 Å². The van der Waals surface area contributed by atoms with E-state index >= 15 is 0 Å². The van der Waals surface area contributed by atoms with Crippen LogP contribution in [0.25, 0.3) is 0 Å². The first-order valence-electron chi connectivity index (χ1n) is 3.32. The van der Waals surface area contributed by atoms with Gasteiger partial charge in [-0.3, -0.25) is 4.79 Å². The van der Waals surface area contributed by atoms with Crippen molar-refractivity contribution in [2.45, 2.75) is 16.2 Å². The van der Waals surface area contributed by atoms with Crippen LogP contribution in [0.4, 0.5) is 0 Å². The van der Waals surface area contributed by atoms with Gasteiger partial charge in [-0.05, 0) is 17.7 Å². The van der Waals surface area contributed by atoms with Gasteiger partial charge < -0.3 is 5.11 Å². The molecule has 0 heterocycles. The van der Waals surface area contributed by atoms with E-state index in [9.17, 15) is 4.79 Å². The summed E-state index contributed by atoms with van der Waals surface area (Å²) >= 11 is 8.23. The summed E-state index contributed by atoms with van der Waals surface area (Å²) in [7, 11) is 0. The summed E-state index contributed by atoms with van der Waals surface area (Å²) in [6.45, 7) is 0.